The van der Waals surface area contributed by atoms with Crippen molar-refractivity contribution in [2.45, 2.75) is 33.2 Å². The Morgan fingerprint density at radius 3 is 2.56 bits per heavy atom. The zero-order chi connectivity index (χ0) is 19.7. The summed E-state index contributed by atoms with van der Waals surface area (Å²) in [6.07, 6.45) is 0.769. The van der Waals surface area contributed by atoms with Crippen molar-refractivity contribution in [2.75, 3.05) is 14.2 Å². The van der Waals surface area contributed by atoms with Gasteiger partial charge in [-0.25, -0.2) is 4.98 Å². The molecule has 0 bridgehead atoms. The highest BCUT2D eigenvalue weighted by Gasteiger charge is 2.23. The number of aromatic nitrogens is 3. The van der Waals surface area contributed by atoms with Crippen molar-refractivity contribution in [1.82, 2.24) is 19.7 Å². The summed E-state index contributed by atoms with van der Waals surface area (Å²) in [7, 11) is 5.36. The maximum Gasteiger partial charge on any atom is 0.254 e. The summed E-state index contributed by atoms with van der Waals surface area (Å²) in [5.41, 5.74) is 4.19. The summed E-state index contributed by atoms with van der Waals surface area (Å²) in [5.74, 6) is 0.820. The monoisotopic (exact) mass is 366 g/mol. The van der Waals surface area contributed by atoms with Gasteiger partial charge in [-0.3, -0.25) is 9.48 Å². The van der Waals surface area contributed by atoms with Gasteiger partial charge in [0.2, 0.25) is 0 Å². The molecule has 0 aliphatic rings. The van der Waals surface area contributed by atoms with Gasteiger partial charge in [0.15, 0.2) is 5.65 Å². The molecule has 2 heterocycles. The van der Waals surface area contributed by atoms with Gasteiger partial charge in [0, 0.05) is 25.8 Å². The van der Waals surface area contributed by atoms with E-state index in [1.807, 2.05) is 58.3 Å². The van der Waals surface area contributed by atoms with Crippen molar-refractivity contribution < 1.29 is 9.53 Å². The summed E-state index contributed by atoms with van der Waals surface area (Å²) in [5, 5.41) is 5.26. The fourth-order valence-electron chi connectivity index (χ4n) is 3.37. The van der Waals surface area contributed by atoms with Gasteiger partial charge in [-0.1, -0.05) is 12.1 Å². The van der Waals surface area contributed by atoms with E-state index >= 15 is 0 Å². The molecule has 2 aromatic heterocycles. The lowest BCUT2D eigenvalue weighted by molar-refractivity contribution is 0.0745. The van der Waals surface area contributed by atoms with E-state index in [9.17, 15) is 4.79 Å². The van der Waals surface area contributed by atoms with Crippen LogP contribution < -0.4 is 4.74 Å². The van der Waals surface area contributed by atoms with Gasteiger partial charge < -0.3 is 9.64 Å². The number of fused-ring (bicyclic) bond motifs is 1. The Hall–Kier alpha value is -2.89. The van der Waals surface area contributed by atoms with E-state index in [0.29, 0.717) is 5.56 Å². The molecule has 3 rings (SSSR count). The van der Waals surface area contributed by atoms with Crippen molar-refractivity contribution >= 4 is 16.9 Å². The molecule has 0 fully saturated rings. The van der Waals surface area contributed by atoms with Gasteiger partial charge in [-0.15, -0.1) is 0 Å². The zero-order valence-electron chi connectivity index (χ0n) is 16.8. The van der Waals surface area contributed by atoms with Crippen LogP contribution in [0.3, 0.4) is 0 Å². The second-order valence-corrected chi connectivity index (χ2v) is 7.04. The summed E-state index contributed by atoms with van der Waals surface area (Å²) >= 11 is 0. The van der Waals surface area contributed by atoms with Crippen LogP contribution in [0.15, 0.2) is 30.3 Å². The summed E-state index contributed by atoms with van der Waals surface area (Å²) in [6.45, 7) is 5.87. The van der Waals surface area contributed by atoms with E-state index in [1.54, 1.807) is 16.7 Å². The molecule has 0 radical (unpaired) electrons. The zero-order valence-corrected chi connectivity index (χ0v) is 16.8. The molecule has 1 aromatic carbocycles. The number of ether oxygens (including phenoxy) is 1. The Kier molecular flexibility index (Phi) is 5.17. The lowest BCUT2D eigenvalue weighted by Gasteiger charge is -2.25. The van der Waals surface area contributed by atoms with Crippen LogP contribution in [-0.4, -0.2) is 45.8 Å². The van der Waals surface area contributed by atoms with Crippen LogP contribution in [0.2, 0.25) is 0 Å². The van der Waals surface area contributed by atoms with Crippen LogP contribution in [0.25, 0.3) is 11.0 Å². The molecule has 3 aromatic rings. The molecular formula is C21H26N4O2. The van der Waals surface area contributed by atoms with Crippen molar-refractivity contribution in [3.63, 3.8) is 0 Å². The number of aryl methyl sites for hydroxylation is 3. The maximum atomic E-state index is 13.2. The predicted molar refractivity (Wildman–Crippen MR) is 106 cm³/mol. The molecule has 0 spiro atoms. The van der Waals surface area contributed by atoms with E-state index in [0.717, 1.165) is 40.2 Å². The third-order valence-corrected chi connectivity index (χ3v) is 5.00. The molecule has 6 heteroatoms. The highest BCUT2D eigenvalue weighted by molar-refractivity contribution is 6.06. The largest absolute Gasteiger partial charge is 0.497 e. The SMILES string of the molecule is COc1ccc(C[C@H](C)N(C)C(=O)c2cc(C)nc3c2c(C)nn3C)cc1. The van der Waals surface area contributed by atoms with Crippen LogP contribution in [0.5, 0.6) is 5.75 Å². The number of benzene rings is 1. The lowest BCUT2D eigenvalue weighted by Crippen LogP contribution is -2.36. The first kappa shape index (κ1) is 18.9. The Bertz CT molecular complexity index is 976. The van der Waals surface area contributed by atoms with Gasteiger partial charge in [0.05, 0.1) is 23.8 Å². The van der Waals surface area contributed by atoms with Crippen LogP contribution in [0.1, 0.15) is 34.2 Å². The minimum atomic E-state index is -0.0115. The van der Waals surface area contributed by atoms with Crippen LogP contribution in [0, 0.1) is 13.8 Å². The van der Waals surface area contributed by atoms with Gasteiger partial charge in [-0.05, 0) is 51.0 Å². The normalized spacial score (nSPS) is 12.2. The number of hydrogen-bond acceptors (Lipinski definition) is 4. The molecule has 1 amide bonds. The van der Waals surface area contributed by atoms with E-state index < -0.39 is 0 Å². The molecule has 27 heavy (non-hydrogen) atoms. The van der Waals surface area contributed by atoms with E-state index in [1.165, 1.54) is 0 Å². The number of amides is 1. The average Bonchev–Trinajstić information content (AvgIpc) is 2.94. The summed E-state index contributed by atoms with van der Waals surface area (Å²) in [6, 6.07) is 9.86. The number of hydrogen-bond donors (Lipinski definition) is 0. The standard InChI is InChI=1S/C21H26N4O2/c1-13-11-18(19-15(3)23-25(5)20(19)22-13)21(26)24(4)14(2)12-16-7-9-17(27-6)10-8-16/h7-11,14H,12H2,1-6H3/t14-/m0/s1. The quantitative estimate of drug-likeness (QED) is 0.695. The maximum absolute atomic E-state index is 13.2. The van der Waals surface area contributed by atoms with E-state index in [2.05, 4.69) is 17.0 Å². The molecule has 0 unspecified atom stereocenters. The minimum absolute atomic E-state index is 0.0115. The number of likely N-dealkylation sites (N-methyl/N-ethyl adjacent to an activating group) is 1. The molecular weight excluding hydrogens is 340 g/mol. The van der Waals surface area contributed by atoms with Gasteiger partial charge in [-0.2, -0.15) is 5.10 Å². The Morgan fingerprint density at radius 1 is 1.26 bits per heavy atom. The van der Waals surface area contributed by atoms with E-state index in [4.69, 9.17) is 4.74 Å². The molecule has 0 saturated heterocycles. The third kappa shape index (κ3) is 3.65. The van der Waals surface area contributed by atoms with Crippen molar-refractivity contribution in [2.24, 2.45) is 7.05 Å². The molecule has 0 N–H and O–H groups in total. The number of carbonyl (C=O) groups excluding carboxylic acids is 1. The van der Waals surface area contributed by atoms with Gasteiger partial charge in [0.1, 0.15) is 5.75 Å². The smallest absolute Gasteiger partial charge is 0.254 e. The molecule has 6 nitrogen and oxygen atoms in total. The summed E-state index contributed by atoms with van der Waals surface area (Å²) in [4.78, 5) is 19.6. The molecule has 0 aliphatic carbocycles. The third-order valence-electron chi connectivity index (χ3n) is 5.00. The Labute approximate surface area is 159 Å². The van der Waals surface area contributed by atoms with Crippen LogP contribution in [0.4, 0.5) is 0 Å². The summed E-state index contributed by atoms with van der Waals surface area (Å²) < 4.78 is 6.94. The fourth-order valence-corrected chi connectivity index (χ4v) is 3.37. The number of rotatable bonds is 5. The second kappa shape index (κ2) is 7.39. The molecule has 142 valence electrons. The van der Waals surface area contributed by atoms with Crippen LogP contribution in [-0.2, 0) is 13.5 Å². The Morgan fingerprint density at radius 2 is 1.93 bits per heavy atom. The van der Waals surface area contributed by atoms with Crippen molar-refractivity contribution in [3.8, 4) is 5.75 Å². The molecule has 1 atom stereocenters. The first-order chi connectivity index (χ1) is 12.8. The number of pyridine rings is 1. The van der Waals surface area contributed by atoms with Crippen LogP contribution >= 0.6 is 0 Å². The van der Waals surface area contributed by atoms with E-state index in [-0.39, 0.29) is 11.9 Å². The van der Waals surface area contributed by atoms with Gasteiger partial charge in [0.25, 0.3) is 5.91 Å². The molecule has 0 aliphatic heterocycles. The molecule has 0 saturated carbocycles. The van der Waals surface area contributed by atoms with Gasteiger partial charge >= 0.3 is 0 Å². The number of carbonyl (C=O) groups is 1. The lowest BCUT2D eigenvalue weighted by atomic mass is 10.0. The average molecular weight is 366 g/mol. The predicted octanol–water partition coefficient (Wildman–Crippen LogP) is 3.30. The first-order valence-electron chi connectivity index (χ1n) is 9.03. The highest BCUT2D eigenvalue weighted by Crippen LogP contribution is 2.24. The topological polar surface area (TPSA) is 60.2 Å². The highest BCUT2D eigenvalue weighted by atomic mass is 16.5. The van der Waals surface area contributed by atoms with Crippen molar-refractivity contribution in [3.05, 3.63) is 52.8 Å². The first-order valence-corrected chi connectivity index (χ1v) is 9.03. The van der Waals surface area contributed by atoms with Crippen molar-refractivity contribution in [1.29, 1.82) is 0 Å². The number of nitrogens with zero attached hydrogens (tertiary/aromatic N) is 4. The second-order valence-electron chi connectivity index (χ2n) is 7.04. The Balaban J connectivity index is 1.87. The fraction of sp³-hybridized carbons (Fsp3) is 0.381. The minimum Gasteiger partial charge on any atom is -0.497 e. The number of methoxy groups -OCH3 is 1.